The number of nitrogens with zero attached hydrogens (tertiary/aromatic N) is 1. The molecule has 0 aromatic heterocycles. The smallest absolute Gasteiger partial charge is 0.260 e. The second-order valence-corrected chi connectivity index (χ2v) is 3.76. The minimum Gasteiger partial charge on any atom is -0.386 e. The van der Waals surface area contributed by atoms with Crippen LogP contribution in [0.25, 0.3) is 0 Å². The number of amides is 1. The summed E-state index contributed by atoms with van der Waals surface area (Å²) in [6.45, 7) is -0.0141. The summed E-state index contributed by atoms with van der Waals surface area (Å²) < 4.78 is 0. The Morgan fingerprint density at radius 2 is 2.19 bits per heavy atom. The third-order valence-electron chi connectivity index (χ3n) is 2.21. The van der Waals surface area contributed by atoms with Gasteiger partial charge in [0, 0.05) is 6.04 Å². The van der Waals surface area contributed by atoms with Crippen molar-refractivity contribution in [3.05, 3.63) is 35.9 Å². The summed E-state index contributed by atoms with van der Waals surface area (Å²) in [4.78, 5) is 16.1. The molecule has 0 unspecified atom stereocenters. The van der Waals surface area contributed by atoms with Gasteiger partial charge in [0.25, 0.3) is 5.91 Å². The summed E-state index contributed by atoms with van der Waals surface area (Å²) in [5.41, 5.74) is 0.949. The van der Waals surface area contributed by atoms with E-state index in [1.165, 1.54) is 0 Å². The predicted molar refractivity (Wildman–Crippen MR) is 61.2 cm³/mol. The average molecular weight is 218 g/mol. The van der Waals surface area contributed by atoms with Crippen LogP contribution in [-0.2, 0) is 9.63 Å². The van der Waals surface area contributed by atoms with E-state index >= 15 is 0 Å². The van der Waals surface area contributed by atoms with Crippen molar-refractivity contribution >= 4 is 12.1 Å². The molecule has 0 heterocycles. The number of rotatable bonds is 5. The molecule has 1 fully saturated rings. The molecule has 1 aliphatic carbocycles. The van der Waals surface area contributed by atoms with Crippen LogP contribution in [0.15, 0.2) is 35.5 Å². The molecule has 1 amide bonds. The monoisotopic (exact) mass is 218 g/mol. The summed E-state index contributed by atoms with van der Waals surface area (Å²) in [6, 6.07) is 9.96. The van der Waals surface area contributed by atoms with E-state index < -0.39 is 0 Å². The Labute approximate surface area is 94.3 Å². The molecule has 1 aromatic carbocycles. The Hall–Kier alpha value is -1.84. The standard InChI is InChI=1S/C12H14N2O2/c15-12(14-11-6-7-11)9-16-13-8-10-4-2-1-3-5-10/h1-5,8,11H,6-7,9H2,(H,14,15)/b13-8-. The number of carbonyl (C=O) groups excluding carboxylic acids is 1. The van der Waals surface area contributed by atoms with Crippen LogP contribution in [0.4, 0.5) is 0 Å². The zero-order valence-electron chi connectivity index (χ0n) is 8.93. The summed E-state index contributed by atoms with van der Waals surface area (Å²) >= 11 is 0. The maximum atomic E-state index is 11.2. The van der Waals surface area contributed by atoms with E-state index in [0.717, 1.165) is 18.4 Å². The van der Waals surface area contributed by atoms with Crippen molar-refractivity contribution in [1.29, 1.82) is 0 Å². The number of hydrogen-bond acceptors (Lipinski definition) is 3. The van der Waals surface area contributed by atoms with Gasteiger partial charge in [-0.3, -0.25) is 4.79 Å². The Bertz CT molecular complexity index is 372. The van der Waals surface area contributed by atoms with E-state index in [-0.39, 0.29) is 12.5 Å². The second-order valence-electron chi connectivity index (χ2n) is 3.76. The van der Waals surface area contributed by atoms with E-state index in [9.17, 15) is 4.79 Å². The van der Waals surface area contributed by atoms with Gasteiger partial charge in [0.15, 0.2) is 6.61 Å². The van der Waals surface area contributed by atoms with Crippen LogP contribution in [0.2, 0.25) is 0 Å². The number of carbonyl (C=O) groups is 1. The molecule has 1 aliphatic rings. The van der Waals surface area contributed by atoms with E-state index in [1.807, 2.05) is 30.3 Å². The molecule has 0 radical (unpaired) electrons. The molecule has 4 heteroatoms. The van der Waals surface area contributed by atoms with Crippen molar-refractivity contribution in [3.63, 3.8) is 0 Å². The summed E-state index contributed by atoms with van der Waals surface area (Å²) in [7, 11) is 0. The molecule has 1 aromatic rings. The average Bonchev–Trinajstić information content (AvgIpc) is 3.10. The molecule has 0 bridgehead atoms. The molecule has 0 saturated heterocycles. The topological polar surface area (TPSA) is 50.7 Å². The summed E-state index contributed by atoms with van der Waals surface area (Å²) in [5.74, 6) is -0.104. The quantitative estimate of drug-likeness (QED) is 0.598. The van der Waals surface area contributed by atoms with E-state index in [4.69, 9.17) is 4.84 Å². The zero-order valence-corrected chi connectivity index (χ0v) is 8.93. The molecule has 0 atom stereocenters. The lowest BCUT2D eigenvalue weighted by atomic mass is 10.2. The summed E-state index contributed by atoms with van der Waals surface area (Å²) in [6.07, 6.45) is 3.75. The van der Waals surface area contributed by atoms with Gasteiger partial charge in [-0.2, -0.15) is 0 Å². The van der Waals surface area contributed by atoms with Crippen LogP contribution in [0.3, 0.4) is 0 Å². The van der Waals surface area contributed by atoms with Gasteiger partial charge in [-0.25, -0.2) is 0 Å². The Morgan fingerprint density at radius 1 is 1.44 bits per heavy atom. The van der Waals surface area contributed by atoms with Crippen molar-refractivity contribution in [3.8, 4) is 0 Å². The molecule has 16 heavy (non-hydrogen) atoms. The van der Waals surface area contributed by atoms with Gasteiger partial charge in [0.1, 0.15) is 0 Å². The van der Waals surface area contributed by atoms with Crippen molar-refractivity contribution < 1.29 is 9.63 Å². The number of benzene rings is 1. The first-order valence-electron chi connectivity index (χ1n) is 5.34. The lowest BCUT2D eigenvalue weighted by Crippen LogP contribution is -2.28. The van der Waals surface area contributed by atoms with Gasteiger partial charge in [0.05, 0.1) is 6.21 Å². The molecule has 84 valence electrons. The lowest BCUT2D eigenvalue weighted by Gasteiger charge is -2.00. The fourth-order valence-electron chi connectivity index (χ4n) is 1.23. The van der Waals surface area contributed by atoms with Gasteiger partial charge in [-0.05, 0) is 18.4 Å². The van der Waals surface area contributed by atoms with Crippen LogP contribution in [0.5, 0.6) is 0 Å². The molecule has 1 saturated carbocycles. The highest BCUT2D eigenvalue weighted by atomic mass is 16.6. The SMILES string of the molecule is O=C(CO/N=C\c1ccccc1)NC1CC1. The molecule has 2 rings (SSSR count). The van der Waals surface area contributed by atoms with Crippen molar-refractivity contribution in [2.75, 3.05) is 6.61 Å². The third-order valence-corrected chi connectivity index (χ3v) is 2.21. The van der Waals surface area contributed by atoms with Gasteiger partial charge >= 0.3 is 0 Å². The van der Waals surface area contributed by atoms with E-state index in [0.29, 0.717) is 6.04 Å². The fraction of sp³-hybridized carbons (Fsp3) is 0.333. The normalized spacial score (nSPS) is 15.0. The highest BCUT2D eigenvalue weighted by Gasteiger charge is 2.23. The Balaban J connectivity index is 1.67. The highest BCUT2D eigenvalue weighted by Crippen LogP contribution is 2.18. The maximum Gasteiger partial charge on any atom is 0.260 e. The first-order chi connectivity index (χ1) is 7.84. The zero-order chi connectivity index (χ0) is 11.2. The van der Waals surface area contributed by atoms with Crippen molar-refractivity contribution in [2.45, 2.75) is 18.9 Å². The minimum absolute atomic E-state index is 0.0141. The maximum absolute atomic E-state index is 11.2. The molecule has 0 spiro atoms. The molecular weight excluding hydrogens is 204 g/mol. The molecular formula is C12H14N2O2. The minimum atomic E-state index is -0.104. The Kier molecular flexibility index (Phi) is 3.53. The third kappa shape index (κ3) is 3.73. The highest BCUT2D eigenvalue weighted by molar-refractivity contribution is 5.79. The lowest BCUT2D eigenvalue weighted by molar-refractivity contribution is -0.125. The second kappa shape index (κ2) is 5.30. The predicted octanol–water partition coefficient (Wildman–Crippen LogP) is 1.32. The van der Waals surface area contributed by atoms with E-state index in [1.54, 1.807) is 6.21 Å². The number of hydrogen-bond donors (Lipinski definition) is 1. The molecule has 4 nitrogen and oxygen atoms in total. The van der Waals surface area contributed by atoms with Crippen LogP contribution >= 0.6 is 0 Å². The number of nitrogens with one attached hydrogen (secondary N) is 1. The van der Waals surface area contributed by atoms with Crippen molar-refractivity contribution in [2.24, 2.45) is 5.16 Å². The fourth-order valence-corrected chi connectivity index (χ4v) is 1.23. The first kappa shape index (κ1) is 10.7. The van der Waals surface area contributed by atoms with Crippen molar-refractivity contribution in [1.82, 2.24) is 5.32 Å². The summed E-state index contributed by atoms with van der Waals surface area (Å²) in [5, 5.41) is 6.54. The van der Waals surface area contributed by atoms with Gasteiger partial charge in [-0.15, -0.1) is 0 Å². The van der Waals surface area contributed by atoms with Crippen LogP contribution in [-0.4, -0.2) is 24.8 Å². The Morgan fingerprint density at radius 3 is 2.88 bits per heavy atom. The first-order valence-corrected chi connectivity index (χ1v) is 5.34. The van der Waals surface area contributed by atoms with Gasteiger partial charge < -0.3 is 10.2 Å². The molecule has 0 aliphatic heterocycles. The largest absolute Gasteiger partial charge is 0.386 e. The number of oxime groups is 1. The van der Waals surface area contributed by atoms with E-state index in [2.05, 4.69) is 10.5 Å². The molecule has 1 N–H and O–H groups in total. The van der Waals surface area contributed by atoms with Crippen LogP contribution < -0.4 is 5.32 Å². The van der Waals surface area contributed by atoms with Gasteiger partial charge in [0.2, 0.25) is 0 Å². The van der Waals surface area contributed by atoms with Crippen LogP contribution in [0, 0.1) is 0 Å². The van der Waals surface area contributed by atoms with Crippen LogP contribution in [0.1, 0.15) is 18.4 Å². The van der Waals surface area contributed by atoms with Gasteiger partial charge in [-0.1, -0.05) is 35.5 Å².